The fourth-order valence-electron chi connectivity index (χ4n) is 4.11. The first-order valence-corrected chi connectivity index (χ1v) is 14.0. The van der Waals surface area contributed by atoms with Crippen LogP contribution in [0.2, 0.25) is 0 Å². The molecule has 0 atom stereocenters. The van der Waals surface area contributed by atoms with E-state index in [2.05, 4.69) is 14.8 Å². The Morgan fingerprint density at radius 2 is 1.56 bits per heavy atom. The molecule has 0 N–H and O–H groups in total. The fraction of sp³-hybridized carbons (Fsp3) is 0.375. The van der Waals surface area contributed by atoms with Gasteiger partial charge in [0.2, 0.25) is 15.9 Å². The van der Waals surface area contributed by atoms with Crippen LogP contribution < -0.4 is 0 Å². The van der Waals surface area contributed by atoms with Crippen LogP contribution in [0.1, 0.15) is 30.1 Å². The van der Waals surface area contributed by atoms with Crippen LogP contribution in [0.4, 0.5) is 0 Å². The maximum atomic E-state index is 12.9. The Bertz CT molecular complexity index is 1240. The van der Waals surface area contributed by atoms with Crippen molar-refractivity contribution in [1.29, 1.82) is 0 Å². The van der Waals surface area contributed by atoms with E-state index in [4.69, 9.17) is 0 Å². The van der Waals surface area contributed by atoms with Crippen molar-refractivity contribution in [1.82, 2.24) is 24.0 Å². The van der Waals surface area contributed by atoms with Crippen LogP contribution in [-0.2, 0) is 20.6 Å². The molecule has 0 spiro atoms. The van der Waals surface area contributed by atoms with E-state index in [0.717, 1.165) is 29.9 Å². The molecule has 1 aliphatic heterocycles. The third-order valence-corrected chi connectivity index (χ3v) is 8.88. The summed E-state index contributed by atoms with van der Waals surface area (Å²) in [5.41, 5.74) is 1.77. The van der Waals surface area contributed by atoms with E-state index in [1.54, 1.807) is 4.90 Å². The Labute approximate surface area is 204 Å². The summed E-state index contributed by atoms with van der Waals surface area (Å²) >= 11 is 1.38. The molecule has 1 saturated heterocycles. The van der Waals surface area contributed by atoms with E-state index in [0.29, 0.717) is 37.3 Å². The zero-order valence-corrected chi connectivity index (χ0v) is 20.4. The molecule has 1 amide bonds. The topological polar surface area (TPSA) is 88.4 Å². The first-order valence-electron chi connectivity index (χ1n) is 11.4. The maximum absolute atomic E-state index is 12.9. The van der Waals surface area contributed by atoms with Gasteiger partial charge in [-0.3, -0.25) is 9.36 Å². The van der Waals surface area contributed by atoms with Gasteiger partial charge in [0.15, 0.2) is 5.16 Å². The number of aromatic nitrogens is 3. The standard InChI is InChI=1S/C24H27N5O3S2/c30-22(27-13-15-28(16-14-27)34(31,32)18-19-7-3-1-4-8-19)17-33-24-26-25-23(20-11-12-20)29(24)21-9-5-2-6-10-21/h1-10,20H,11-18H2. The average Bonchev–Trinajstić information content (AvgIpc) is 3.62. The highest BCUT2D eigenvalue weighted by Crippen LogP contribution is 2.41. The number of sulfonamides is 1. The minimum absolute atomic E-state index is 0.0132. The summed E-state index contributed by atoms with van der Waals surface area (Å²) in [6, 6.07) is 19.2. The van der Waals surface area contributed by atoms with Crippen molar-refractivity contribution < 1.29 is 13.2 Å². The Balaban J connectivity index is 1.19. The molecular weight excluding hydrogens is 470 g/mol. The number of nitrogens with zero attached hydrogens (tertiary/aromatic N) is 5. The van der Waals surface area contributed by atoms with Crippen molar-refractivity contribution >= 4 is 27.7 Å². The zero-order chi connectivity index (χ0) is 23.5. The van der Waals surface area contributed by atoms with Crippen molar-refractivity contribution in [2.75, 3.05) is 31.9 Å². The lowest BCUT2D eigenvalue weighted by Crippen LogP contribution is -2.51. The van der Waals surface area contributed by atoms with Gasteiger partial charge < -0.3 is 4.90 Å². The third-order valence-electron chi connectivity index (χ3n) is 6.12. The average molecular weight is 498 g/mol. The molecule has 1 saturated carbocycles. The van der Waals surface area contributed by atoms with Crippen molar-refractivity contribution in [3.63, 3.8) is 0 Å². The van der Waals surface area contributed by atoms with Gasteiger partial charge in [0, 0.05) is 37.8 Å². The van der Waals surface area contributed by atoms with Crippen LogP contribution in [-0.4, -0.2) is 70.2 Å². The smallest absolute Gasteiger partial charge is 0.233 e. The molecule has 2 aromatic carbocycles. The van der Waals surface area contributed by atoms with Crippen molar-refractivity contribution in [2.45, 2.75) is 29.7 Å². The number of hydrogen-bond donors (Lipinski definition) is 0. The van der Waals surface area contributed by atoms with Crippen LogP contribution in [0.25, 0.3) is 5.69 Å². The lowest BCUT2D eigenvalue weighted by Gasteiger charge is -2.34. The number of thioether (sulfide) groups is 1. The van der Waals surface area contributed by atoms with E-state index in [1.165, 1.54) is 16.1 Å². The van der Waals surface area contributed by atoms with Gasteiger partial charge >= 0.3 is 0 Å². The summed E-state index contributed by atoms with van der Waals surface area (Å²) in [4.78, 5) is 14.6. The van der Waals surface area contributed by atoms with Gasteiger partial charge in [-0.15, -0.1) is 10.2 Å². The number of hydrogen-bond acceptors (Lipinski definition) is 6. The molecular formula is C24H27N5O3S2. The number of rotatable bonds is 8. The lowest BCUT2D eigenvalue weighted by molar-refractivity contribution is -0.129. The maximum Gasteiger partial charge on any atom is 0.233 e. The Hall–Kier alpha value is -2.69. The summed E-state index contributed by atoms with van der Waals surface area (Å²) in [5, 5.41) is 9.50. The molecule has 8 nitrogen and oxygen atoms in total. The molecule has 0 bridgehead atoms. The number of piperazine rings is 1. The number of carbonyl (C=O) groups excluding carboxylic acids is 1. The van der Waals surface area contributed by atoms with E-state index in [1.807, 2.05) is 60.7 Å². The van der Waals surface area contributed by atoms with E-state index in [9.17, 15) is 13.2 Å². The molecule has 1 aliphatic carbocycles. The van der Waals surface area contributed by atoms with Gasteiger partial charge in [-0.2, -0.15) is 4.31 Å². The second-order valence-electron chi connectivity index (χ2n) is 8.60. The van der Waals surface area contributed by atoms with Gasteiger partial charge in [0.1, 0.15) is 5.82 Å². The molecule has 2 aliphatic rings. The van der Waals surface area contributed by atoms with Crippen LogP contribution in [0.5, 0.6) is 0 Å². The number of para-hydroxylation sites is 1. The fourth-order valence-corrected chi connectivity index (χ4v) is 6.49. The quantitative estimate of drug-likeness (QED) is 0.445. The highest BCUT2D eigenvalue weighted by atomic mass is 32.2. The normalized spacial score (nSPS) is 17.1. The van der Waals surface area contributed by atoms with Gasteiger partial charge in [-0.05, 0) is 30.5 Å². The number of carbonyl (C=O) groups is 1. The Morgan fingerprint density at radius 3 is 2.21 bits per heavy atom. The summed E-state index contributed by atoms with van der Waals surface area (Å²) in [5.74, 6) is 1.60. The molecule has 3 aromatic rings. The second kappa shape index (κ2) is 9.89. The number of amides is 1. The van der Waals surface area contributed by atoms with Crippen LogP contribution in [0, 0.1) is 0 Å². The minimum Gasteiger partial charge on any atom is -0.339 e. The van der Waals surface area contributed by atoms with Crippen LogP contribution in [0.15, 0.2) is 65.8 Å². The van der Waals surface area contributed by atoms with Gasteiger partial charge in [0.25, 0.3) is 0 Å². The highest BCUT2D eigenvalue weighted by molar-refractivity contribution is 7.99. The van der Waals surface area contributed by atoms with Crippen molar-refractivity contribution in [3.05, 3.63) is 72.1 Å². The predicted molar refractivity (Wildman–Crippen MR) is 131 cm³/mol. The van der Waals surface area contributed by atoms with E-state index >= 15 is 0 Å². The predicted octanol–water partition coefficient (Wildman–Crippen LogP) is 2.91. The largest absolute Gasteiger partial charge is 0.339 e. The number of benzene rings is 2. The Kier molecular flexibility index (Phi) is 6.71. The molecule has 34 heavy (non-hydrogen) atoms. The summed E-state index contributed by atoms with van der Waals surface area (Å²) in [6.45, 7) is 1.42. The van der Waals surface area contributed by atoms with Gasteiger partial charge in [0.05, 0.1) is 11.5 Å². The molecule has 0 radical (unpaired) electrons. The van der Waals surface area contributed by atoms with E-state index < -0.39 is 10.0 Å². The molecule has 178 valence electrons. The molecule has 1 aromatic heterocycles. The molecule has 2 heterocycles. The summed E-state index contributed by atoms with van der Waals surface area (Å²) < 4.78 is 29.1. The summed E-state index contributed by atoms with van der Waals surface area (Å²) in [7, 11) is -3.41. The van der Waals surface area contributed by atoms with E-state index in [-0.39, 0.29) is 17.4 Å². The van der Waals surface area contributed by atoms with Crippen molar-refractivity contribution in [3.8, 4) is 5.69 Å². The van der Waals surface area contributed by atoms with Crippen molar-refractivity contribution in [2.24, 2.45) is 0 Å². The van der Waals surface area contributed by atoms with Gasteiger partial charge in [-0.1, -0.05) is 60.3 Å². The first-order chi connectivity index (χ1) is 16.5. The lowest BCUT2D eigenvalue weighted by atomic mass is 10.2. The molecule has 10 heteroatoms. The SMILES string of the molecule is O=C(CSc1nnc(C2CC2)n1-c1ccccc1)N1CCN(S(=O)(=O)Cc2ccccc2)CC1. The summed E-state index contributed by atoms with van der Waals surface area (Å²) in [6.07, 6.45) is 2.23. The van der Waals surface area contributed by atoms with Crippen LogP contribution >= 0.6 is 11.8 Å². The third kappa shape index (κ3) is 5.18. The molecule has 5 rings (SSSR count). The highest BCUT2D eigenvalue weighted by Gasteiger charge is 2.32. The molecule has 0 unspecified atom stereocenters. The molecule has 2 fully saturated rings. The van der Waals surface area contributed by atoms with Crippen LogP contribution in [0.3, 0.4) is 0 Å². The minimum atomic E-state index is -3.41. The zero-order valence-electron chi connectivity index (χ0n) is 18.8. The monoisotopic (exact) mass is 497 g/mol. The van der Waals surface area contributed by atoms with Gasteiger partial charge in [-0.25, -0.2) is 8.42 Å². The second-order valence-corrected chi connectivity index (χ2v) is 11.5. The Morgan fingerprint density at radius 1 is 0.912 bits per heavy atom. The first kappa shape index (κ1) is 23.1.